The fraction of sp³-hybridized carbons (Fsp3) is 0.360. The Morgan fingerprint density at radius 3 is 2.58 bits per heavy atom. The highest BCUT2D eigenvalue weighted by molar-refractivity contribution is 6.30. The summed E-state index contributed by atoms with van der Waals surface area (Å²) in [5, 5.41) is 14.5. The maximum absolute atomic E-state index is 14.3. The van der Waals surface area contributed by atoms with Crippen LogP contribution in [0, 0.1) is 12.7 Å². The molecule has 1 aromatic carbocycles. The molecule has 3 heterocycles. The monoisotopic (exact) mass is 551 g/mol. The van der Waals surface area contributed by atoms with Gasteiger partial charge >= 0.3 is 0 Å². The van der Waals surface area contributed by atoms with Crippen LogP contribution in [0.1, 0.15) is 12.1 Å². The molecule has 1 aliphatic heterocycles. The number of nitrogens with zero attached hydrogens (tertiary/aromatic N) is 5. The van der Waals surface area contributed by atoms with Crippen molar-refractivity contribution in [2.75, 3.05) is 43.4 Å². The fourth-order valence-electron chi connectivity index (χ4n) is 3.99. The summed E-state index contributed by atoms with van der Waals surface area (Å²) >= 11 is 6.01. The molecule has 2 aromatic heterocycles. The SMILES string of the molecule is Cc1nnc(-c2cc(Cl)ccc2F)cc1Nc1ccnc(NC(=O)CCN2CCN(C(F)C(F)F)CC2)c1. The van der Waals surface area contributed by atoms with E-state index in [4.69, 9.17) is 11.6 Å². The number of benzene rings is 1. The summed E-state index contributed by atoms with van der Waals surface area (Å²) in [6.07, 6.45) is -3.61. The standard InChI is InChI=1S/C25H26ClF4N7O/c1-15-20(14-21(35-34-15)18-12-16(26)2-3-19(18)27)32-17-4-6-31-22(13-17)33-23(38)5-7-36-8-10-37(11-9-36)25(30)24(28)29/h2-4,6,12-14,24-25H,5,7-11H2,1H3,(H2,31,32,33,35,38). The number of carbonyl (C=O) groups is 1. The Kier molecular flexibility index (Phi) is 9.08. The van der Waals surface area contributed by atoms with E-state index in [0.717, 1.165) is 4.90 Å². The Morgan fingerprint density at radius 2 is 1.84 bits per heavy atom. The van der Waals surface area contributed by atoms with Crippen LogP contribution in [0.3, 0.4) is 0 Å². The molecule has 3 aromatic rings. The summed E-state index contributed by atoms with van der Waals surface area (Å²) in [5.41, 5.74) is 2.29. The third-order valence-electron chi connectivity index (χ3n) is 6.11. The lowest BCUT2D eigenvalue weighted by molar-refractivity contribution is -0.116. The van der Waals surface area contributed by atoms with E-state index < -0.39 is 18.5 Å². The van der Waals surface area contributed by atoms with Crippen molar-refractivity contribution in [3.63, 3.8) is 0 Å². The van der Waals surface area contributed by atoms with Gasteiger partial charge in [0.1, 0.15) is 11.6 Å². The van der Waals surface area contributed by atoms with E-state index >= 15 is 0 Å². The lowest BCUT2D eigenvalue weighted by Gasteiger charge is -2.35. The molecule has 0 saturated carbocycles. The predicted molar refractivity (Wildman–Crippen MR) is 137 cm³/mol. The molecule has 1 fully saturated rings. The average Bonchev–Trinajstić information content (AvgIpc) is 2.90. The van der Waals surface area contributed by atoms with Gasteiger partial charge in [0, 0.05) is 67.7 Å². The summed E-state index contributed by atoms with van der Waals surface area (Å²) in [7, 11) is 0. The van der Waals surface area contributed by atoms with E-state index in [1.54, 1.807) is 25.1 Å². The highest BCUT2D eigenvalue weighted by Crippen LogP contribution is 2.28. The van der Waals surface area contributed by atoms with Crippen LogP contribution in [-0.2, 0) is 4.79 Å². The van der Waals surface area contributed by atoms with Crippen LogP contribution < -0.4 is 10.6 Å². The molecule has 13 heteroatoms. The minimum Gasteiger partial charge on any atom is -0.354 e. The quantitative estimate of drug-likeness (QED) is 0.289. The van der Waals surface area contributed by atoms with Crippen molar-refractivity contribution in [1.29, 1.82) is 0 Å². The van der Waals surface area contributed by atoms with E-state index in [1.165, 1.54) is 24.4 Å². The Balaban J connectivity index is 1.33. The number of hydrogen-bond donors (Lipinski definition) is 2. The Labute approximate surface area is 222 Å². The van der Waals surface area contributed by atoms with E-state index in [0.29, 0.717) is 53.2 Å². The molecular formula is C25H26ClF4N7O. The third kappa shape index (κ3) is 7.15. The molecule has 1 aliphatic rings. The van der Waals surface area contributed by atoms with Crippen molar-refractivity contribution in [3.05, 3.63) is 59.1 Å². The first-order chi connectivity index (χ1) is 18.2. The van der Waals surface area contributed by atoms with Gasteiger partial charge in [-0.3, -0.25) is 9.69 Å². The van der Waals surface area contributed by atoms with Crippen LogP contribution in [0.4, 0.5) is 34.8 Å². The van der Waals surface area contributed by atoms with Crippen molar-refractivity contribution in [2.45, 2.75) is 26.1 Å². The van der Waals surface area contributed by atoms with E-state index in [2.05, 4.69) is 25.8 Å². The lowest BCUT2D eigenvalue weighted by atomic mass is 10.1. The highest BCUT2D eigenvalue weighted by Gasteiger charge is 2.29. The number of hydrogen-bond acceptors (Lipinski definition) is 7. The molecule has 0 bridgehead atoms. The highest BCUT2D eigenvalue weighted by atomic mass is 35.5. The molecule has 0 aliphatic carbocycles. The Hall–Kier alpha value is -3.35. The second kappa shape index (κ2) is 12.5. The maximum atomic E-state index is 14.3. The molecule has 1 saturated heterocycles. The Bertz CT molecular complexity index is 1270. The van der Waals surface area contributed by atoms with Crippen LogP contribution in [0.5, 0.6) is 0 Å². The second-order valence-corrected chi connectivity index (χ2v) is 9.23. The molecule has 38 heavy (non-hydrogen) atoms. The molecule has 0 spiro atoms. The normalized spacial score (nSPS) is 15.4. The first-order valence-electron chi connectivity index (χ1n) is 11.9. The maximum Gasteiger partial charge on any atom is 0.282 e. The van der Waals surface area contributed by atoms with Gasteiger partial charge in [-0.25, -0.2) is 22.5 Å². The molecule has 1 atom stereocenters. The van der Waals surface area contributed by atoms with Gasteiger partial charge in [-0.2, -0.15) is 10.2 Å². The van der Waals surface area contributed by atoms with Crippen molar-refractivity contribution >= 4 is 34.7 Å². The van der Waals surface area contributed by atoms with Gasteiger partial charge in [0.05, 0.1) is 17.1 Å². The fourth-order valence-corrected chi connectivity index (χ4v) is 4.17. The molecule has 0 radical (unpaired) electrons. The molecule has 202 valence electrons. The van der Waals surface area contributed by atoms with Gasteiger partial charge in [0.25, 0.3) is 6.43 Å². The number of carbonyl (C=O) groups excluding carboxylic acids is 1. The van der Waals surface area contributed by atoms with E-state index in [-0.39, 0.29) is 31.0 Å². The number of anilines is 3. The summed E-state index contributed by atoms with van der Waals surface area (Å²) in [6, 6.07) is 9.18. The van der Waals surface area contributed by atoms with Crippen LogP contribution in [-0.4, -0.2) is 76.3 Å². The zero-order valence-corrected chi connectivity index (χ0v) is 21.2. The first-order valence-corrected chi connectivity index (χ1v) is 12.3. The van der Waals surface area contributed by atoms with Crippen molar-refractivity contribution in [2.24, 2.45) is 0 Å². The Morgan fingerprint density at radius 1 is 1.08 bits per heavy atom. The zero-order valence-electron chi connectivity index (χ0n) is 20.5. The van der Waals surface area contributed by atoms with Crippen LogP contribution in [0.2, 0.25) is 5.02 Å². The van der Waals surface area contributed by atoms with Crippen LogP contribution >= 0.6 is 11.6 Å². The van der Waals surface area contributed by atoms with Crippen molar-refractivity contribution in [1.82, 2.24) is 25.0 Å². The van der Waals surface area contributed by atoms with Crippen molar-refractivity contribution in [3.8, 4) is 11.3 Å². The number of amides is 1. The number of alkyl halides is 3. The number of halogens is 5. The van der Waals surface area contributed by atoms with Gasteiger partial charge in [-0.05, 0) is 37.3 Å². The number of aromatic nitrogens is 3. The summed E-state index contributed by atoms with van der Waals surface area (Å²) in [4.78, 5) is 19.7. The predicted octanol–water partition coefficient (Wildman–Crippen LogP) is 4.89. The van der Waals surface area contributed by atoms with Crippen molar-refractivity contribution < 1.29 is 22.4 Å². The molecular weight excluding hydrogens is 526 g/mol. The van der Waals surface area contributed by atoms with Gasteiger partial charge in [-0.15, -0.1) is 0 Å². The molecule has 2 N–H and O–H groups in total. The summed E-state index contributed by atoms with van der Waals surface area (Å²) < 4.78 is 52.9. The van der Waals surface area contributed by atoms with Gasteiger partial charge in [0.2, 0.25) is 12.2 Å². The molecule has 8 nitrogen and oxygen atoms in total. The topological polar surface area (TPSA) is 86.3 Å². The number of pyridine rings is 1. The molecule has 1 amide bonds. The largest absolute Gasteiger partial charge is 0.354 e. The number of nitrogens with one attached hydrogen (secondary N) is 2. The average molecular weight is 552 g/mol. The third-order valence-corrected chi connectivity index (χ3v) is 6.34. The number of rotatable bonds is 9. The smallest absolute Gasteiger partial charge is 0.282 e. The van der Waals surface area contributed by atoms with E-state index in [1.807, 2.05) is 4.90 Å². The molecule has 1 unspecified atom stereocenters. The molecule has 4 rings (SSSR count). The van der Waals surface area contributed by atoms with Crippen LogP contribution in [0.25, 0.3) is 11.3 Å². The van der Waals surface area contributed by atoms with Crippen LogP contribution in [0.15, 0.2) is 42.6 Å². The number of aryl methyl sites for hydroxylation is 1. The minimum atomic E-state index is -3.03. The van der Waals surface area contributed by atoms with E-state index in [9.17, 15) is 22.4 Å². The minimum absolute atomic E-state index is 0.162. The van der Waals surface area contributed by atoms with Gasteiger partial charge in [0.15, 0.2) is 0 Å². The second-order valence-electron chi connectivity index (χ2n) is 8.79. The summed E-state index contributed by atoms with van der Waals surface area (Å²) in [6.45, 7) is 3.32. The van der Waals surface area contributed by atoms with Gasteiger partial charge < -0.3 is 15.5 Å². The zero-order chi connectivity index (χ0) is 27.2. The first kappa shape index (κ1) is 27.7. The van der Waals surface area contributed by atoms with Gasteiger partial charge in [-0.1, -0.05) is 11.6 Å². The summed E-state index contributed by atoms with van der Waals surface area (Å²) in [5.74, 6) is -0.426. The number of piperazine rings is 1. The lowest BCUT2D eigenvalue weighted by Crippen LogP contribution is -2.51.